The second-order valence-electron chi connectivity index (χ2n) is 5.05. The van der Waals surface area contributed by atoms with E-state index in [0.29, 0.717) is 10.8 Å². The quantitative estimate of drug-likeness (QED) is 0.576. The first-order chi connectivity index (χ1) is 5.02. The molecule has 66 valence electrons. The molecule has 1 rings (SSSR count). The summed E-state index contributed by atoms with van der Waals surface area (Å²) in [7, 11) is 0. The van der Waals surface area contributed by atoms with Gasteiger partial charge in [0.05, 0.1) is 0 Å². The average Bonchev–Trinajstić information content (AvgIpc) is 1.82. The summed E-state index contributed by atoms with van der Waals surface area (Å²) in [6.07, 6.45) is 7.11. The summed E-state index contributed by atoms with van der Waals surface area (Å²) < 4.78 is 0. The molecular formula is C11H22. The third kappa shape index (κ3) is 1.45. The fraction of sp³-hybridized carbons (Fsp3) is 1.00. The number of rotatable bonds is 3. The van der Waals surface area contributed by atoms with Gasteiger partial charge in [-0.1, -0.05) is 40.5 Å². The van der Waals surface area contributed by atoms with E-state index < -0.39 is 0 Å². The van der Waals surface area contributed by atoms with Crippen molar-refractivity contribution in [2.75, 3.05) is 0 Å². The third-order valence-corrected chi connectivity index (χ3v) is 3.97. The Kier molecular flexibility index (Phi) is 2.32. The van der Waals surface area contributed by atoms with E-state index in [2.05, 4.69) is 27.7 Å². The standard InChI is InChI=1S/C11H22/c1-5-7-10(2,3)11(4)8-6-9-11/h5-9H2,1-4H3. The van der Waals surface area contributed by atoms with Gasteiger partial charge in [-0.2, -0.15) is 0 Å². The summed E-state index contributed by atoms with van der Waals surface area (Å²) in [5.41, 5.74) is 1.25. The molecule has 0 heteroatoms. The van der Waals surface area contributed by atoms with Crippen molar-refractivity contribution in [3.05, 3.63) is 0 Å². The fourth-order valence-corrected chi connectivity index (χ4v) is 2.31. The molecular weight excluding hydrogens is 132 g/mol. The first kappa shape index (κ1) is 9.09. The lowest BCUT2D eigenvalue weighted by Crippen LogP contribution is -2.40. The van der Waals surface area contributed by atoms with Crippen LogP contribution >= 0.6 is 0 Å². The maximum absolute atomic E-state index is 2.46. The highest BCUT2D eigenvalue weighted by Gasteiger charge is 2.44. The van der Waals surface area contributed by atoms with Crippen LogP contribution in [0, 0.1) is 10.8 Å². The van der Waals surface area contributed by atoms with Crippen LogP contribution in [-0.2, 0) is 0 Å². The Labute approximate surface area is 71.4 Å². The largest absolute Gasteiger partial charge is 0.0654 e. The van der Waals surface area contributed by atoms with Crippen LogP contribution in [0.25, 0.3) is 0 Å². The molecule has 1 fully saturated rings. The van der Waals surface area contributed by atoms with E-state index in [9.17, 15) is 0 Å². The highest BCUT2D eigenvalue weighted by atomic mass is 14.5. The highest BCUT2D eigenvalue weighted by Crippen LogP contribution is 2.55. The molecule has 0 N–H and O–H groups in total. The first-order valence-corrected chi connectivity index (χ1v) is 5.02. The Balaban J connectivity index is 2.55. The normalized spacial score (nSPS) is 22.9. The van der Waals surface area contributed by atoms with Gasteiger partial charge in [0.25, 0.3) is 0 Å². The predicted molar refractivity (Wildman–Crippen MR) is 50.6 cm³/mol. The van der Waals surface area contributed by atoms with Gasteiger partial charge in [-0.3, -0.25) is 0 Å². The van der Waals surface area contributed by atoms with Gasteiger partial charge in [0, 0.05) is 0 Å². The molecule has 0 heterocycles. The molecule has 11 heavy (non-hydrogen) atoms. The van der Waals surface area contributed by atoms with Crippen LogP contribution in [0.5, 0.6) is 0 Å². The zero-order valence-corrected chi connectivity index (χ0v) is 8.54. The second-order valence-corrected chi connectivity index (χ2v) is 5.05. The Morgan fingerprint density at radius 1 is 1.27 bits per heavy atom. The van der Waals surface area contributed by atoms with Gasteiger partial charge >= 0.3 is 0 Å². The molecule has 0 aromatic rings. The predicted octanol–water partition coefficient (Wildman–Crippen LogP) is 4.00. The van der Waals surface area contributed by atoms with E-state index in [-0.39, 0.29) is 0 Å². The smallest absolute Gasteiger partial charge is 0.0275 e. The van der Waals surface area contributed by atoms with Gasteiger partial charge in [0.2, 0.25) is 0 Å². The molecule has 1 aliphatic rings. The Hall–Kier alpha value is 0. The maximum atomic E-state index is 2.46. The fourth-order valence-electron chi connectivity index (χ4n) is 2.31. The van der Waals surface area contributed by atoms with Gasteiger partial charge < -0.3 is 0 Å². The Morgan fingerprint density at radius 2 is 1.82 bits per heavy atom. The maximum Gasteiger partial charge on any atom is -0.0275 e. The number of hydrogen-bond acceptors (Lipinski definition) is 0. The van der Waals surface area contributed by atoms with Crippen molar-refractivity contribution in [2.24, 2.45) is 10.8 Å². The van der Waals surface area contributed by atoms with Crippen molar-refractivity contribution in [2.45, 2.75) is 59.8 Å². The minimum absolute atomic E-state index is 0.583. The van der Waals surface area contributed by atoms with Gasteiger partial charge in [0.15, 0.2) is 0 Å². The van der Waals surface area contributed by atoms with Gasteiger partial charge in [-0.05, 0) is 30.1 Å². The van der Waals surface area contributed by atoms with Crippen molar-refractivity contribution in [3.63, 3.8) is 0 Å². The molecule has 1 saturated carbocycles. The molecule has 0 aliphatic heterocycles. The molecule has 0 aromatic carbocycles. The molecule has 0 saturated heterocycles. The van der Waals surface area contributed by atoms with Crippen LogP contribution in [0.1, 0.15) is 59.8 Å². The van der Waals surface area contributed by atoms with Crippen molar-refractivity contribution < 1.29 is 0 Å². The van der Waals surface area contributed by atoms with E-state index in [1.54, 1.807) is 0 Å². The first-order valence-electron chi connectivity index (χ1n) is 5.02. The van der Waals surface area contributed by atoms with E-state index in [1.807, 2.05) is 0 Å². The van der Waals surface area contributed by atoms with Gasteiger partial charge in [-0.25, -0.2) is 0 Å². The highest BCUT2D eigenvalue weighted by molar-refractivity contribution is 4.94. The van der Waals surface area contributed by atoms with Crippen molar-refractivity contribution in [3.8, 4) is 0 Å². The Bertz CT molecular complexity index is 129. The zero-order valence-electron chi connectivity index (χ0n) is 8.54. The summed E-state index contributed by atoms with van der Waals surface area (Å²) in [6, 6.07) is 0. The SMILES string of the molecule is CCCC(C)(C)C1(C)CCC1. The van der Waals surface area contributed by atoms with Crippen molar-refractivity contribution >= 4 is 0 Å². The van der Waals surface area contributed by atoms with Crippen LogP contribution < -0.4 is 0 Å². The van der Waals surface area contributed by atoms with E-state index in [4.69, 9.17) is 0 Å². The molecule has 0 spiro atoms. The molecule has 0 unspecified atom stereocenters. The summed E-state index contributed by atoms with van der Waals surface area (Å²) in [5, 5.41) is 0. The number of hydrogen-bond donors (Lipinski definition) is 0. The average molecular weight is 154 g/mol. The lowest BCUT2D eigenvalue weighted by Gasteiger charge is -2.51. The van der Waals surface area contributed by atoms with Crippen LogP contribution in [0.15, 0.2) is 0 Å². The zero-order chi connectivity index (χ0) is 8.54. The van der Waals surface area contributed by atoms with Gasteiger partial charge in [0.1, 0.15) is 0 Å². The molecule has 0 aromatic heterocycles. The van der Waals surface area contributed by atoms with E-state index >= 15 is 0 Å². The lowest BCUT2D eigenvalue weighted by molar-refractivity contribution is -0.00363. The molecule has 1 aliphatic carbocycles. The summed E-state index contributed by atoms with van der Waals surface area (Å²) in [5.74, 6) is 0. The summed E-state index contributed by atoms with van der Waals surface area (Å²) in [6.45, 7) is 9.64. The molecule has 0 nitrogen and oxygen atoms in total. The van der Waals surface area contributed by atoms with E-state index in [1.165, 1.54) is 32.1 Å². The van der Waals surface area contributed by atoms with Crippen molar-refractivity contribution in [1.29, 1.82) is 0 Å². The second kappa shape index (κ2) is 2.80. The monoisotopic (exact) mass is 154 g/mol. The minimum Gasteiger partial charge on any atom is -0.0654 e. The van der Waals surface area contributed by atoms with Crippen LogP contribution in [0.3, 0.4) is 0 Å². The molecule has 0 atom stereocenters. The summed E-state index contributed by atoms with van der Waals surface area (Å²) in [4.78, 5) is 0. The topological polar surface area (TPSA) is 0 Å². The molecule has 0 radical (unpaired) electrons. The minimum atomic E-state index is 0.583. The van der Waals surface area contributed by atoms with Crippen molar-refractivity contribution in [1.82, 2.24) is 0 Å². The van der Waals surface area contributed by atoms with Crippen LogP contribution in [-0.4, -0.2) is 0 Å². The van der Waals surface area contributed by atoms with Gasteiger partial charge in [-0.15, -0.1) is 0 Å². The third-order valence-electron chi connectivity index (χ3n) is 3.97. The lowest BCUT2D eigenvalue weighted by atomic mass is 9.54. The summed E-state index contributed by atoms with van der Waals surface area (Å²) >= 11 is 0. The van der Waals surface area contributed by atoms with Crippen LogP contribution in [0.2, 0.25) is 0 Å². The van der Waals surface area contributed by atoms with Crippen LogP contribution in [0.4, 0.5) is 0 Å². The van der Waals surface area contributed by atoms with E-state index in [0.717, 1.165) is 0 Å². The molecule has 0 bridgehead atoms. The molecule has 0 amide bonds. The Morgan fingerprint density at radius 3 is 2.09 bits per heavy atom.